The molecule has 170 valence electrons. The summed E-state index contributed by atoms with van der Waals surface area (Å²) in [7, 11) is -2.46. The van der Waals surface area contributed by atoms with Gasteiger partial charge < -0.3 is 8.98 Å². The Morgan fingerprint density at radius 3 is 1.83 bits per heavy atom. The Morgan fingerprint density at radius 2 is 1.29 bits per heavy atom. The van der Waals surface area contributed by atoms with Crippen LogP contribution < -0.4 is 15.9 Å². The number of nitrogens with zero attached hydrogens (tertiary/aromatic N) is 5. The number of furan rings is 1. The highest BCUT2D eigenvalue weighted by molar-refractivity contribution is 7.87. The lowest BCUT2D eigenvalue weighted by Crippen LogP contribution is -2.25. The molecule has 0 saturated carbocycles. The maximum atomic E-state index is 5.53. The van der Waals surface area contributed by atoms with Crippen LogP contribution in [0.5, 0.6) is 0 Å². The van der Waals surface area contributed by atoms with Crippen molar-refractivity contribution in [3.8, 4) is 0 Å². The fraction of sp³-hybridized carbons (Fsp3) is 0.0357. The number of imidazole rings is 1. The first kappa shape index (κ1) is 21.3. The minimum atomic E-state index is -2.46. The second kappa shape index (κ2) is 9.16. The number of aromatic nitrogens is 4. The number of hydrogen-bond donors (Lipinski definition) is 0. The lowest BCUT2D eigenvalue weighted by atomic mass is 10.4. The first-order valence-electron chi connectivity index (χ1n) is 11.3. The third-order valence-electron chi connectivity index (χ3n) is 5.92. The average molecular weight is 475 g/mol. The molecule has 0 bridgehead atoms. The molecule has 0 aliphatic carbocycles. The van der Waals surface area contributed by atoms with Crippen molar-refractivity contribution in [2.75, 3.05) is 0 Å². The van der Waals surface area contributed by atoms with E-state index in [0.717, 1.165) is 27.3 Å². The van der Waals surface area contributed by atoms with Crippen molar-refractivity contribution in [3.63, 3.8) is 0 Å². The first-order valence-corrected chi connectivity index (χ1v) is 13.1. The molecule has 6 nitrogen and oxygen atoms in total. The summed E-state index contributed by atoms with van der Waals surface area (Å²) in [6.07, 6.45) is 5.01. The van der Waals surface area contributed by atoms with Crippen molar-refractivity contribution in [3.05, 3.63) is 128 Å². The highest BCUT2D eigenvalue weighted by atomic mass is 31.2. The summed E-state index contributed by atoms with van der Waals surface area (Å²) >= 11 is 0. The molecule has 0 unspecified atom stereocenters. The fourth-order valence-electron chi connectivity index (χ4n) is 4.32. The van der Waals surface area contributed by atoms with Gasteiger partial charge in [-0.25, -0.2) is 19.7 Å². The number of fused-ring (bicyclic) bond motifs is 1. The van der Waals surface area contributed by atoms with E-state index in [-0.39, 0.29) is 0 Å². The largest absolute Gasteiger partial charge is 0.467 e. The third kappa shape index (κ3) is 3.88. The van der Waals surface area contributed by atoms with Crippen molar-refractivity contribution >= 4 is 39.9 Å². The van der Waals surface area contributed by atoms with Gasteiger partial charge in [-0.15, -0.1) is 0 Å². The zero-order chi connectivity index (χ0) is 23.5. The summed E-state index contributed by atoms with van der Waals surface area (Å²) in [6, 6.07) is 35.3. The molecule has 0 aliphatic heterocycles. The van der Waals surface area contributed by atoms with Gasteiger partial charge in [-0.3, -0.25) is 0 Å². The van der Waals surface area contributed by atoms with E-state index in [0.29, 0.717) is 17.9 Å². The Hall–Kier alpha value is -4.28. The molecule has 0 atom stereocenters. The predicted octanol–water partition coefficient (Wildman–Crippen LogP) is 5.28. The van der Waals surface area contributed by atoms with Crippen molar-refractivity contribution in [2.24, 2.45) is 4.74 Å². The molecule has 6 aromatic rings. The van der Waals surface area contributed by atoms with Crippen LogP contribution in [0.1, 0.15) is 5.76 Å². The molecule has 0 radical (unpaired) electrons. The Balaban J connectivity index is 1.65. The van der Waals surface area contributed by atoms with Crippen LogP contribution in [0.3, 0.4) is 0 Å². The number of benzene rings is 3. The molecule has 3 aromatic heterocycles. The second-order valence-corrected chi connectivity index (χ2v) is 11.1. The predicted molar refractivity (Wildman–Crippen MR) is 140 cm³/mol. The SMILES string of the molecule is c1ccc(P(=Nc2ncnc3c2ncn3Cc2ccco2)(c2ccccc2)c2ccccc2)cc1. The molecule has 0 N–H and O–H groups in total. The van der Waals surface area contributed by atoms with Gasteiger partial charge in [-0.05, 0) is 12.1 Å². The summed E-state index contributed by atoms with van der Waals surface area (Å²) < 4.78 is 13.0. The number of hydrogen-bond acceptors (Lipinski definition) is 5. The average Bonchev–Trinajstić information content (AvgIpc) is 3.60. The second-order valence-electron chi connectivity index (χ2n) is 8.06. The molecular formula is C28H22N5OP. The quantitative estimate of drug-likeness (QED) is 0.308. The van der Waals surface area contributed by atoms with E-state index in [4.69, 9.17) is 9.16 Å². The minimum absolute atomic E-state index is 0.538. The third-order valence-corrected chi connectivity index (χ3v) is 9.55. The van der Waals surface area contributed by atoms with E-state index in [9.17, 15) is 0 Å². The topological polar surface area (TPSA) is 69.1 Å². The van der Waals surface area contributed by atoms with Gasteiger partial charge in [0, 0.05) is 15.9 Å². The smallest absolute Gasteiger partial charge is 0.183 e. The Labute approximate surface area is 203 Å². The van der Waals surface area contributed by atoms with Crippen LogP contribution in [0, 0.1) is 0 Å². The normalized spacial score (nSPS) is 11.5. The van der Waals surface area contributed by atoms with Gasteiger partial charge in [0.2, 0.25) is 0 Å². The standard InChI is InChI=1S/C28H22N5OP/c1-4-12-23(13-5-1)35(24-14-6-2-7-15-24,25-16-8-3-9-17-25)32-27-26-28(30-20-29-27)33(21-31-26)19-22-11-10-18-34-22/h1-18,20-21H,19H2. The summed E-state index contributed by atoms with van der Waals surface area (Å²) in [4.78, 5) is 13.8. The van der Waals surface area contributed by atoms with Crippen LogP contribution in [0.25, 0.3) is 11.2 Å². The van der Waals surface area contributed by atoms with E-state index < -0.39 is 7.05 Å². The van der Waals surface area contributed by atoms with Crippen LogP contribution >= 0.6 is 7.05 Å². The maximum Gasteiger partial charge on any atom is 0.183 e. The van der Waals surface area contributed by atoms with Crippen LogP contribution in [-0.2, 0) is 6.54 Å². The van der Waals surface area contributed by atoms with Gasteiger partial charge in [0.15, 0.2) is 17.0 Å². The fourth-order valence-corrected chi connectivity index (χ4v) is 7.80. The molecular weight excluding hydrogens is 453 g/mol. The number of rotatable bonds is 6. The Kier molecular flexibility index (Phi) is 5.57. The highest BCUT2D eigenvalue weighted by Gasteiger charge is 2.28. The van der Waals surface area contributed by atoms with Crippen molar-refractivity contribution < 1.29 is 4.42 Å². The lowest BCUT2D eigenvalue weighted by molar-refractivity contribution is 0.495. The van der Waals surface area contributed by atoms with Gasteiger partial charge in [-0.2, -0.15) is 0 Å². The lowest BCUT2D eigenvalue weighted by Gasteiger charge is -2.26. The zero-order valence-electron chi connectivity index (χ0n) is 18.8. The zero-order valence-corrected chi connectivity index (χ0v) is 19.7. The summed E-state index contributed by atoms with van der Waals surface area (Å²) in [5.41, 5.74) is 1.40. The van der Waals surface area contributed by atoms with Gasteiger partial charge in [0.05, 0.1) is 26.2 Å². The summed E-state index contributed by atoms with van der Waals surface area (Å²) in [5.74, 6) is 1.42. The van der Waals surface area contributed by atoms with Crippen molar-refractivity contribution in [1.29, 1.82) is 0 Å². The van der Waals surface area contributed by atoms with Gasteiger partial charge in [-0.1, -0.05) is 91.0 Å². The monoisotopic (exact) mass is 475 g/mol. The molecule has 3 heterocycles. The molecule has 0 amide bonds. The van der Waals surface area contributed by atoms with E-state index in [1.807, 2.05) is 34.9 Å². The Morgan fingerprint density at radius 1 is 0.686 bits per heavy atom. The van der Waals surface area contributed by atoms with E-state index in [2.05, 4.69) is 87.7 Å². The van der Waals surface area contributed by atoms with Crippen LogP contribution in [0.4, 0.5) is 5.82 Å². The summed E-state index contributed by atoms with van der Waals surface area (Å²) in [6.45, 7) is 0.538. The molecule has 35 heavy (non-hydrogen) atoms. The molecule has 0 spiro atoms. The first-order chi connectivity index (χ1) is 17.3. The highest BCUT2D eigenvalue weighted by Crippen LogP contribution is 2.49. The van der Waals surface area contributed by atoms with Gasteiger partial charge in [0.25, 0.3) is 0 Å². The van der Waals surface area contributed by atoms with E-state index in [1.54, 1.807) is 18.9 Å². The molecule has 7 heteroatoms. The molecule has 3 aromatic carbocycles. The van der Waals surface area contributed by atoms with E-state index in [1.165, 1.54) is 0 Å². The van der Waals surface area contributed by atoms with Gasteiger partial charge >= 0.3 is 0 Å². The molecule has 0 saturated heterocycles. The van der Waals surface area contributed by atoms with Gasteiger partial charge in [0.1, 0.15) is 12.1 Å². The summed E-state index contributed by atoms with van der Waals surface area (Å²) in [5, 5.41) is 3.46. The van der Waals surface area contributed by atoms with Crippen LogP contribution in [0.2, 0.25) is 0 Å². The molecule has 0 aliphatic rings. The van der Waals surface area contributed by atoms with E-state index >= 15 is 0 Å². The van der Waals surface area contributed by atoms with Crippen LogP contribution in [-0.4, -0.2) is 19.5 Å². The van der Waals surface area contributed by atoms with Crippen molar-refractivity contribution in [2.45, 2.75) is 6.54 Å². The molecule has 0 fully saturated rings. The minimum Gasteiger partial charge on any atom is -0.467 e. The van der Waals surface area contributed by atoms with Crippen LogP contribution in [0.15, 0.2) is 131 Å². The van der Waals surface area contributed by atoms with Crippen molar-refractivity contribution in [1.82, 2.24) is 19.5 Å². The maximum absolute atomic E-state index is 5.53. The Bertz CT molecular complexity index is 1510. The molecule has 6 rings (SSSR count).